The number of fused-ring (bicyclic) bond motifs is 1. The Bertz CT molecular complexity index is 1130. The van der Waals surface area contributed by atoms with Crippen LogP contribution < -0.4 is 10.1 Å². The molecular weight excluding hydrogens is 383 g/mol. The quantitative estimate of drug-likeness (QED) is 0.655. The van der Waals surface area contributed by atoms with Gasteiger partial charge in [-0.25, -0.2) is 4.39 Å². The molecule has 1 unspecified atom stereocenters. The average molecular weight is 404 g/mol. The molecule has 6 heteroatoms. The van der Waals surface area contributed by atoms with Crippen LogP contribution in [0.2, 0.25) is 0 Å². The van der Waals surface area contributed by atoms with E-state index >= 15 is 0 Å². The summed E-state index contributed by atoms with van der Waals surface area (Å²) in [6.45, 7) is 0.352. The van der Waals surface area contributed by atoms with Crippen LogP contribution in [0.5, 0.6) is 5.75 Å². The third kappa shape index (κ3) is 4.09. The number of amides is 1. The fourth-order valence-corrected chi connectivity index (χ4v) is 3.50. The number of halogens is 1. The van der Waals surface area contributed by atoms with Crippen molar-refractivity contribution in [2.75, 3.05) is 13.7 Å². The molecule has 30 heavy (non-hydrogen) atoms. The first kappa shape index (κ1) is 19.8. The predicted molar refractivity (Wildman–Crippen MR) is 113 cm³/mol. The summed E-state index contributed by atoms with van der Waals surface area (Å²) < 4.78 is 19.5. The Morgan fingerprint density at radius 1 is 1.17 bits per heavy atom. The van der Waals surface area contributed by atoms with Crippen molar-refractivity contribution >= 4 is 12.1 Å². The van der Waals surface area contributed by atoms with Crippen molar-refractivity contribution in [2.45, 2.75) is 12.6 Å². The molecule has 2 N–H and O–H groups in total. The SMILES string of the molecule is COc1cccc(C(CO)NC(=O)c2cc(F)cc(-c3ccc4c(c3)C=NC4)c2)c1. The smallest absolute Gasteiger partial charge is 0.251 e. The molecule has 0 spiro atoms. The number of hydrogen-bond acceptors (Lipinski definition) is 4. The van der Waals surface area contributed by atoms with Crippen molar-refractivity contribution in [2.24, 2.45) is 4.99 Å². The fourth-order valence-electron chi connectivity index (χ4n) is 3.50. The molecule has 1 aliphatic heterocycles. The summed E-state index contributed by atoms with van der Waals surface area (Å²) in [5.41, 5.74) is 4.41. The summed E-state index contributed by atoms with van der Waals surface area (Å²) in [5, 5.41) is 12.5. The molecule has 152 valence electrons. The van der Waals surface area contributed by atoms with E-state index in [2.05, 4.69) is 10.3 Å². The van der Waals surface area contributed by atoms with Crippen molar-refractivity contribution in [1.82, 2.24) is 5.32 Å². The number of aliphatic hydroxyl groups is 1. The number of aliphatic hydroxyl groups excluding tert-OH is 1. The Balaban J connectivity index is 1.60. The number of carbonyl (C=O) groups is 1. The highest BCUT2D eigenvalue weighted by molar-refractivity contribution is 5.96. The van der Waals surface area contributed by atoms with Crippen molar-refractivity contribution in [3.8, 4) is 16.9 Å². The van der Waals surface area contributed by atoms with Gasteiger partial charge in [0, 0.05) is 11.8 Å². The highest BCUT2D eigenvalue weighted by Gasteiger charge is 2.17. The van der Waals surface area contributed by atoms with Crippen LogP contribution >= 0.6 is 0 Å². The van der Waals surface area contributed by atoms with Crippen LogP contribution in [0, 0.1) is 5.82 Å². The molecule has 4 rings (SSSR count). The largest absolute Gasteiger partial charge is 0.497 e. The Hall–Kier alpha value is -3.51. The molecular formula is C24H21FN2O3. The normalized spacial score (nSPS) is 13.0. The van der Waals surface area contributed by atoms with Crippen LogP contribution in [0.1, 0.15) is 33.1 Å². The van der Waals surface area contributed by atoms with Gasteiger partial charge < -0.3 is 15.2 Å². The molecule has 0 radical (unpaired) electrons. The van der Waals surface area contributed by atoms with Crippen molar-refractivity contribution < 1.29 is 19.0 Å². The molecule has 0 bridgehead atoms. The van der Waals surface area contributed by atoms with Crippen LogP contribution in [-0.4, -0.2) is 30.9 Å². The van der Waals surface area contributed by atoms with Gasteiger partial charge in [0.1, 0.15) is 11.6 Å². The van der Waals surface area contributed by atoms with Gasteiger partial charge in [-0.3, -0.25) is 9.79 Å². The summed E-state index contributed by atoms with van der Waals surface area (Å²) >= 11 is 0. The lowest BCUT2D eigenvalue weighted by molar-refractivity contribution is 0.0915. The first-order chi connectivity index (χ1) is 14.6. The van der Waals surface area contributed by atoms with Gasteiger partial charge in [-0.15, -0.1) is 0 Å². The lowest BCUT2D eigenvalue weighted by atomic mass is 9.98. The van der Waals surface area contributed by atoms with Crippen LogP contribution in [0.3, 0.4) is 0 Å². The zero-order valence-electron chi connectivity index (χ0n) is 16.4. The maximum Gasteiger partial charge on any atom is 0.251 e. The fraction of sp³-hybridized carbons (Fsp3) is 0.167. The highest BCUT2D eigenvalue weighted by Crippen LogP contribution is 2.27. The van der Waals surface area contributed by atoms with E-state index < -0.39 is 17.8 Å². The third-order valence-corrected chi connectivity index (χ3v) is 5.12. The lowest BCUT2D eigenvalue weighted by Crippen LogP contribution is -2.30. The summed E-state index contributed by atoms with van der Waals surface area (Å²) in [6.07, 6.45) is 1.80. The van der Waals surface area contributed by atoms with E-state index in [4.69, 9.17) is 4.74 Å². The van der Waals surface area contributed by atoms with E-state index in [-0.39, 0.29) is 12.2 Å². The van der Waals surface area contributed by atoms with E-state index in [0.29, 0.717) is 23.4 Å². The minimum Gasteiger partial charge on any atom is -0.497 e. The van der Waals surface area contributed by atoms with Crippen LogP contribution in [0.4, 0.5) is 4.39 Å². The van der Waals surface area contributed by atoms with E-state index in [1.165, 1.54) is 12.1 Å². The molecule has 5 nitrogen and oxygen atoms in total. The van der Waals surface area contributed by atoms with Gasteiger partial charge in [0.2, 0.25) is 0 Å². The standard InChI is InChI=1S/C24H21FN2O3/c1-30-22-4-2-3-16(11-22)23(14-28)27-24(29)19-8-18(9-21(25)10-19)15-5-6-17-12-26-13-20(17)7-15/h2-11,13,23,28H,12,14H2,1H3,(H,27,29). The summed E-state index contributed by atoms with van der Waals surface area (Å²) in [5.74, 6) is -0.359. The second kappa shape index (κ2) is 8.47. The number of nitrogens with zero attached hydrogens (tertiary/aromatic N) is 1. The molecule has 0 fully saturated rings. The predicted octanol–water partition coefficient (Wildman–Crippen LogP) is 3.90. The van der Waals surface area contributed by atoms with Gasteiger partial charge in [0.15, 0.2) is 0 Å². The van der Waals surface area contributed by atoms with E-state index in [1.54, 1.807) is 43.7 Å². The molecule has 0 saturated carbocycles. The van der Waals surface area contributed by atoms with Crippen LogP contribution in [0.15, 0.2) is 65.7 Å². The number of hydrogen-bond donors (Lipinski definition) is 2. The lowest BCUT2D eigenvalue weighted by Gasteiger charge is -2.18. The molecule has 0 saturated heterocycles. The van der Waals surface area contributed by atoms with Crippen molar-refractivity contribution in [3.05, 3.63) is 88.7 Å². The zero-order valence-corrected chi connectivity index (χ0v) is 16.4. The average Bonchev–Trinajstić information content (AvgIpc) is 3.24. The minimum absolute atomic E-state index is 0.181. The number of nitrogens with one attached hydrogen (secondary N) is 1. The van der Waals surface area contributed by atoms with Crippen LogP contribution in [0.25, 0.3) is 11.1 Å². The summed E-state index contributed by atoms with van der Waals surface area (Å²) in [4.78, 5) is 17.1. The van der Waals surface area contributed by atoms with Gasteiger partial charge in [0.25, 0.3) is 5.91 Å². The molecule has 0 aromatic heterocycles. The van der Waals surface area contributed by atoms with Gasteiger partial charge in [-0.05, 0) is 64.2 Å². The van der Waals surface area contributed by atoms with Gasteiger partial charge in [0.05, 0.1) is 26.3 Å². The maximum absolute atomic E-state index is 14.3. The van der Waals surface area contributed by atoms with Crippen molar-refractivity contribution in [1.29, 1.82) is 0 Å². The van der Waals surface area contributed by atoms with Crippen LogP contribution in [-0.2, 0) is 6.54 Å². The molecule has 1 heterocycles. The molecule has 1 aliphatic rings. The Kier molecular flexibility index (Phi) is 5.59. The molecule has 3 aromatic carbocycles. The van der Waals surface area contributed by atoms with E-state index in [9.17, 15) is 14.3 Å². The Morgan fingerprint density at radius 3 is 2.83 bits per heavy atom. The number of aliphatic imine (C=N–C) groups is 1. The summed E-state index contributed by atoms with van der Waals surface area (Å²) in [6, 6.07) is 16.5. The first-order valence-corrected chi connectivity index (χ1v) is 9.57. The minimum atomic E-state index is -0.643. The zero-order chi connectivity index (χ0) is 21.1. The van der Waals surface area contributed by atoms with Gasteiger partial charge in [-0.2, -0.15) is 0 Å². The number of carbonyl (C=O) groups excluding carboxylic acids is 1. The summed E-state index contributed by atoms with van der Waals surface area (Å²) in [7, 11) is 1.55. The van der Waals surface area contributed by atoms with Gasteiger partial charge in [-0.1, -0.05) is 24.3 Å². The number of methoxy groups -OCH3 is 1. The number of benzene rings is 3. The Labute approximate surface area is 173 Å². The number of ether oxygens (including phenoxy) is 1. The van der Waals surface area contributed by atoms with Crippen molar-refractivity contribution in [3.63, 3.8) is 0 Å². The molecule has 1 atom stereocenters. The number of rotatable bonds is 6. The van der Waals surface area contributed by atoms with E-state index in [0.717, 1.165) is 16.7 Å². The molecule has 1 amide bonds. The molecule has 0 aliphatic carbocycles. The topological polar surface area (TPSA) is 70.9 Å². The van der Waals surface area contributed by atoms with Gasteiger partial charge >= 0.3 is 0 Å². The molecule has 3 aromatic rings. The second-order valence-corrected chi connectivity index (χ2v) is 7.10. The Morgan fingerprint density at radius 2 is 2.03 bits per heavy atom. The third-order valence-electron chi connectivity index (χ3n) is 5.12. The first-order valence-electron chi connectivity index (χ1n) is 9.57. The monoisotopic (exact) mass is 404 g/mol. The highest BCUT2D eigenvalue weighted by atomic mass is 19.1. The maximum atomic E-state index is 14.3. The second-order valence-electron chi connectivity index (χ2n) is 7.10. The van der Waals surface area contributed by atoms with E-state index in [1.807, 2.05) is 18.2 Å².